The molecule has 0 fully saturated rings. The summed E-state index contributed by atoms with van der Waals surface area (Å²) in [6, 6.07) is 4.47. The summed E-state index contributed by atoms with van der Waals surface area (Å²) in [7, 11) is -2.49. The number of sulfonamides is 1. The maximum atomic E-state index is 12.8. The molecule has 0 spiro atoms. The fourth-order valence-electron chi connectivity index (χ4n) is 1.53. The number of rotatable bonds is 4. The van der Waals surface area contributed by atoms with Gasteiger partial charge in [-0.2, -0.15) is 4.31 Å². The maximum Gasteiger partial charge on any atom is 0.243 e. The molecule has 1 amide bonds. The first-order chi connectivity index (χ1) is 9.02. The van der Waals surface area contributed by atoms with Crippen LogP contribution >= 0.6 is 0 Å². The van der Waals surface area contributed by atoms with Gasteiger partial charge in [0.05, 0.1) is 11.4 Å². The van der Waals surface area contributed by atoms with Gasteiger partial charge in [-0.3, -0.25) is 4.79 Å². The summed E-state index contributed by atoms with van der Waals surface area (Å²) >= 11 is 0. The van der Waals surface area contributed by atoms with E-state index in [1.807, 2.05) is 0 Å². The van der Waals surface area contributed by atoms with Crippen molar-refractivity contribution in [3.05, 3.63) is 30.1 Å². The Labute approximate surface area is 118 Å². The molecule has 1 aromatic rings. The van der Waals surface area contributed by atoms with Crippen molar-refractivity contribution in [2.45, 2.75) is 31.2 Å². The number of likely N-dealkylation sites (N-methyl/N-ethyl adjacent to an activating group) is 1. The molecule has 112 valence electrons. The fraction of sp³-hybridized carbons (Fsp3) is 0.462. The van der Waals surface area contributed by atoms with E-state index in [1.165, 1.54) is 19.2 Å². The van der Waals surface area contributed by atoms with E-state index < -0.39 is 27.3 Å². The third-order valence-corrected chi connectivity index (χ3v) is 4.22. The van der Waals surface area contributed by atoms with Gasteiger partial charge in [-0.15, -0.1) is 0 Å². The van der Waals surface area contributed by atoms with E-state index in [9.17, 15) is 17.6 Å². The molecule has 0 atom stereocenters. The van der Waals surface area contributed by atoms with Crippen molar-refractivity contribution in [2.24, 2.45) is 0 Å². The SMILES string of the molecule is CN(CC(=O)NC(C)(C)C)S(=O)(=O)c1ccc(F)cc1. The van der Waals surface area contributed by atoms with Crippen molar-refractivity contribution in [2.75, 3.05) is 13.6 Å². The molecule has 0 aromatic heterocycles. The lowest BCUT2D eigenvalue weighted by Crippen LogP contribution is -2.46. The minimum absolute atomic E-state index is 0.0510. The fourth-order valence-corrected chi connectivity index (χ4v) is 2.66. The standard InChI is InChI=1S/C13H19FN2O3S/c1-13(2,3)15-12(17)9-16(4)20(18,19)11-7-5-10(14)6-8-11/h5-8H,9H2,1-4H3,(H,15,17). The van der Waals surface area contributed by atoms with E-state index in [2.05, 4.69) is 5.32 Å². The molecule has 0 aliphatic rings. The van der Waals surface area contributed by atoms with E-state index in [1.54, 1.807) is 20.8 Å². The van der Waals surface area contributed by atoms with E-state index in [4.69, 9.17) is 0 Å². The molecule has 7 heteroatoms. The molecule has 1 rings (SSSR count). The maximum absolute atomic E-state index is 12.8. The summed E-state index contributed by atoms with van der Waals surface area (Å²) in [6.07, 6.45) is 0. The smallest absolute Gasteiger partial charge is 0.243 e. The molecule has 1 aromatic carbocycles. The van der Waals surface area contributed by atoms with E-state index in [-0.39, 0.29) is 11.4 Å². The van der Waals surface area contributed by atoms with E-state index in [0.29, 0.717) is 0 Å². The first-order valence-corrected chi connectivity index (χ1v) is 7.49. The second-order valence-electron chi connectivity index (χ2n) is 5.51. The van der Waals surface area contributed by atoms with Gasteiger partial charge < -0.3 is 5.32 Å². The quantitative estimate of drug-likeness (QED) is 0.913. The Balaban J connectivity index is 2.83. The highest BCUT2D eigenvalue weighted by Crippen LogP contribution is 2.14. The largest absolute Gasteiger partial charge is 0.350 e. The number of carbonyl (C=O) groups is 1. The van der Waals surface area contributed by atoms with Gasteiger partial charge in [-0.25, -0.2) is 12.8 Å². The summed E-state index contributed by atoms with van der Waals surface area (Å²) < 4.78 is 38.1. The number of amides is 1. The van der Waals surface area contributed by atoms with E-state index >= 15 is 0 Å². The molecule has 0 aliphatic carbocycles. The molecule has 0 saturated heterocycles. The molecule has 0 heterocycles. The van der Waals surface area contributed by atoms with Crippen molar-refractivity contribution in [1.29, 1.82) is 0 Å². The highest BCUT2D eigenvalue weighted by atomic mass is 32.2. The van der Waals surface area contributed by atoms with Gasteiger partial charge in [0.15, 0.2) is 0 Å². The Hall–Kier alpha value is -1.47. The molecule has 1 N–H and O–H groups in total. The third kappa shape index (κ3) is 4.57. The van der Waals surface area contributed by atoms with Crippen LogP contribution in [0.15, 0.2) is 29.2 Å². The van der Waals surface area contributed by atoms with Crippen molar-refractivity contribution < 1.29 is 17.6 Å². The summed E-state index contributed by atoms with van der Waals surface area (Å²) in [4.78, 5) is 11.7. The highest BCUT2D eigenvalue weighted by Gasteiger charge is 2.24. The lowest BCUT2D eigenvalue weighted by molar-refractivity contribution is -0.122. The Morgan fingerprint density at radius 3 is 2.20 bits per heavy atom. The van der Waals surface area contributed by atoms with Crippen LogP contribution in [-0.4, -0.2) is 37.8 Å². The van der Waals surface area contributed by atoms with Crippen LogP contribution in [0, 0.1) is 5.82 Å². The number of nitrogens with zero attached hydrogens (tertiary/aromatic N) is 1. The van der Waals surface area contributed by atoms with Gasteiger partial charge in [-0.05, 0) is 45.0 Å². The van der Waals surface area contributed by atoms with Crippen LogP contribution in [0.5, 0.6) is 0 Å². The van der Waals surface area contributed by atoms with Crippen LogP contribution in [0.1, 0.15) is 20.8 Å². The van der Waals surface area contributed by atoms with E-state index in [0.717, 1.165) is 16.4 Å². The number of hydrogen-bond donors (Lipinski definition) is 1. The minimum atomic E-state index is -3.80. The monoisotopic (exact) mass is 302 g/mol. The second-order valence-corrected chi connectivity index (χ2v) is 7.56. The number of hydrogen-bond acceptors (Lipinski definition) is 3. The number of nitrogens with one attached hydrogen (secondary N) is 1. The van der Waals surface area contributed by atoms with Gasteiger partial charge in [-0.1, -0.05) is 0 Å². The Kier molecular flexibility index (Phi) is 4.88. The van der Waals surface area contributed by atoms with Gasteiger partial charge >= 0.3 is 0 Å². The van der Waals surface area contributed by atoms with Crippen molar-refractivity contribution in [3.8, 4) is 0 Å². The predicted octanol–water partition coefficient (Wildman–Crippen LogP) is 1.36. The molecular formula is C13H19FN2O3S. The topological polar surface area (TPSA) is 66.5 Å². The van der Waals surface area contributed by atoms with Gasteiger partial charge in [0.25, 0.3) is 0 Å². The summed E-state index contributed by atoms with van der Waals surface area (Å²) in [5, 5.41) is 2.68. The summed E-state index contributed by atoms with van der Waals surface area (Å²) in [5.74, 6) is -0.914. The first-order valence-electron chi connectivity index (χ1n) is 6.05. The molecular weight excluding hydrogens is 283 g/mol. The molecule has 0 aliphatic heterocycles. The van der Waals surface area contributed by atoms with Crippen LogP contribution in [0.25, 0.3) is 0 Å². The zero-order valence-electron chi connectivity index (χ0n) is 12.0. The normalized spacial score (nSPS) is 12.5. The van der Waals surface area contributed by atoms with Crippen LogP contribution in [0.4, 0.5) is 4.39 Å². The minimum Gasteiger partial charge on any atom is -0.350 e. The molecule has 0 bridgehead atoms. The Morgan fingerprint density at radius 2 is 1.75 bits per heavy atom. The first kappa shape index (κ1) is 16.6. The molecule has 0 radical (unpaired) electrons. The Bertz CT molecular complexity index is 577. The van der Waals surface area contributed by atoms with Crippen LogP contribution < -0.4 is 5.32 Å². The molecule has 0 unspecified atom stereocenters. The van der Waals surface area contributed by atoms with Crippen molar-refractivity contribution >= 4 is 15.9 Å². The zero-order chi connectivity index (χ0) is 15.6. The average Bonchev–Trinajstić information content (AvgIpc) is 2.26. The predicted molar refractivity (Wildman–Crippen MR) is 74.1 cm³/mol. The van der Waals surface area contributed by atoms with Crippen molar-refractivity contribution in [3.63, 3.8) is 0 Å². The summed E-state index contributed by atoms with van der Waals surface area (Å²) in [5.41, 5.74) is -0.433. The lowest BCUT2D eigenvalue weighted by atomic mass is 10.1. The molecule has 20 heavy (non-hydrogen) atoms. The highest BCUT2D eigenvalue weighted by molar-refractivity contribution is 7.89. The number of halogens is 1. The number of benzene rings is 1. The molecule has 5 nitrogen and oxygen atoms in total. The van der Waals surface area contributed by atoms with Crippen LogP contribution in [-0.2, 0) is 14.8 Å². The van der Waals surface area contributed by atoms with Gasteiger partial charge in [0, 0.05) is 12.6 Å². The summed E-state index contributed by atoms with van der Waals surface area (Å²) in [6.45, 7) is 5.12. The lowest BCUT2D eigenvalue weighted by Gasteiger charge is -2.23. The third-order valence-electron chi connectivity index (χ3n) is 2.40. The van der Waals surface area contributed by atoms with Crippen molar-refractivity contribution in [1.82, 2.24) is 9.62 Å². The number of carbonyl (C=O) groups excluding carboxylic acids is 1. The van der Waals surface area contributed by atoms with Gasteiger partial charge in [0.2, 0.25) is 15.9 Å². The molecule has 0 saturated carbocycles. The second kappa shape index (κ2) is 5.88. The zero-order valence-corrected chi connectivity index (χ0v) is 12.8. The average molecular weight is 302 g/mol. The van der Waals surface area contributed by atoms with Crippen LogP contribution in [0.3, 0.4) is 0 Å². The Morgan fingerprint density at radius 1 is 1.25 bits per heavy atom. The van der Waals surface area contributed by atoms with Crippen LogP contribution in [0.2, 0.25) is 0 Å². The van der Waals surface area contributed by atoms with Gasteiger partial charge in [0.1, 0.15) is 5.82 Å².